The van der Waals surface area contributed by atoms with Crippen molar-refractivity contribution in [2.45, 2.75) is 39.0 Å². The maximum atomic E-state index is 15.0. The van der Waals surface area contributed by atoms with Gasteiger partial charge >= 0.3 is 5.97 Å². The van der Waals surface area contributed by atoms with E-state index in [4.69, 9.17) is 10.5 Å². The molecule has 2 aliphatic heterocycles. The number of carboxylic acid groups (broad SMARTS) is 1. The number of piperidine rings is 1. The lowest BCUT2D eigenvalue weighted by Crippen LogP contribution is -2.42. The van der Waals surface area contributed by atoms with Crippen LogP contribution in [0.3, 0.4) is 0 Å². The van der Waals surface area contributed by atoms with Crippen molar-refractivity contribution in [2.75, 3.05) is 18.0 Å². The summed E-state index contributed by atoms with van der Waals surface area (Å²) in [6.07, 6.45) is 0.983. The third-order valence-corrected chi connectivity index (χ3v) is 6.68. The zero-order valence-electron chi connectivity index (χ0n) is 18.3. The molecule has 3 heterocycles. The van der Waals surface area contributed by atoms with Crippen LogP contribution in [0.1, 0.15) is 43.5 Å². The van der Waals surface area contributed by atoms with E-state index in [1.165, 1.54) is 12.1 Å². The van der Waals surface area contributed by atoms with E-state index in [1.54, 1.807) is 0 Å². The normalized spacial score (nSPS) is 21.3. The number of nitriles is 1. The Morgan fingerprint density at radius 2 is 2.09 bits per heavy atom. The van der Waals surface area contributed by atoms with Crippen LogP contribution in [0.5, 0.6) is 5.88 Å². The van der Waals surface area contributed by atoms with Gasteiger partial charge in [-0.1, -0.05) is 13.8 Å². The average Bonchev–Trinajstić information content (AvgIpc) is 3.12. The third kappa shape index (κ3) is 3.18. The van der Waals surface area contributed by atoms with E-state index in [1.807, 2.05) is 31.7 Å². The summed E-state index contributed by atoms with van der Waals surface area (Å²) >= 11 is 0. The van der Waals surface area contributed by atoms with Gasteiger partial charge in [0.05, 0.1) is 16.9 Å². The van der Waals surface area contributed by atoms with Crippen LogP contribution < -0.4 is 15.4 Å². The first-order valence-corrected chi connectivity index (χ1v) is 10.6. The number of anilines is 1. The number of nitrogens with zero attached hydrogens (tertiary/aromatic N) is 3. The maximum absolute atomic E-state index is 15.0. The standard InChI is InChI=1S/C23H26FN5O3/c1-12(2)23(18(11-25)20(26)32-21-19(23)13(3)27-28-21)15-8-16(24)10-17(9-15)29-6-4-14(5-7-29)22(30)31/h8-10,12,14H,4-7,26H2,1-3H3,(H,27,28)(H,30,31)/t23-/m0/s1. The van der Waals surface area contributed by atoms with Crippen LogP contribution >= 0.6 is 0 Å². The number of carboxylic acids is 1. The van der Waals surface area contributed by atoms with Crippen LogP contribution in [0.15, 0.2) is 29.7 Å². The van der Waals surface area contributed by atoms with Gasteiger partial charge in [0.1, 0.15) is 17.5 Å². The molecule has 0 saturated carbocycles. The fraction of sp³-hybridized carbons (Fsp3) is 0.435. The fourth-order valence-electron chi connectivity index (χ4n) is 5.13. The first-order chi connectivity index (χ1) is 15.2. The van der Waals surface area contributed by atoms with Crippen LogP contribution in [0, 0.1) is 35.9 Å². The molecule has 32 heavy (non-hydrogen) atoms. The van der Waals surface area contributed by atoms with Gasteiger partial charge in [0, 0.05) is 24.5 Å². The molecule has 8 nitrogen and oxygen atoms in total. The average molecular weight is 439 g/mol. The topological polar surface area (TPSA) is 128 Å². The Morgan fingerprint density at radius 1 is 1.41 bits per heavy atom. The molecule has 0 amide bonds. The number of nitrogens with one attached hydrogen (secondary N) is 1. The minimum atomic E-state index is -1.06. The molecule has 0 unspecified atom stereocenters. The Bertz CT molecular complexity index is 1140. The number of aromatic amines is 1. The van der Waals surface area contributed by atoms with E-state index in [0.717, 1.165) is 0 Å². The van der Waals surface area contributed by atoms with Crippen molar-refractivity contribution in [1.29, 1.82) is 5.26 Å². The van der Waals surface area contributed by atoms with Gasteiger partial charge in [-0.15, -0.1) is 5.10 Å². The highest BCUT2D eigenvalue weighted by Gasteiger charge is 2.51. The van der Waals surface area contributed by atoms with Crippen LogP contribution in [-0.2, 0) is 10.2 Å². The molecule has 1 saturated heterocycles. The second kappa shape index (κ2) is 7.86. The van der Waals surface area contributed by atoms with Crippen LogP contribution in [0.4, 0.5) is 10.1 Å². The maximum Gasteiger partial charge on any atom is 0.306 e. The lowest BCUT2D eigenvalue weighted by Gasteiger charge is -2.41. The predicted octanol–water partition coefficient (Wildman–Crippen LogP) is 3.19. The molecule has 0 spiro atoms. The Morgan fingerprint density at radius 3 is 2.69 bits per heavy atom. The van der Waals surface area contributed by atoms with Gasteiger partial charge in [0.15, 0.2) is 0 Å². The zero-order valence-corrected chi connectivity index (χ0v) is 18.3. The Kier molecular flexibility index (Phi) is 5.33. The van der Waals surface area contributed by atoms with Crippen molar-refractivity contribution in [3.8, 4) is 11.9 Å². The number of hydrogen-bond acceptors (Lipinski definition) is 6. The number of H-pyrrole nitrogens is 1. The summed E-state index contributed by atoms with van der Waals surface area (Å²) in [6.45, 7) is 6.76. The van der Waals surface area contributed by atoms with Crippen LogP contribution in [0.25, 0.3) is 0 Å². The molecule has 168 valence electrons. The number of carbonyl (C=O) groups is 1. The molecule has 0 aliphatic carbocycles. The lowest BCUT2D eigenvalue weighted by molar-refractivity contribution is -0.142. The molecule has 1 aromatic heterocycles. The molecule has 0 bridgehead atoms. The molecular formula is C23H26FN5O3. The largest absolute Gasteiger partial charge is 0.481 e. The Balaban J connectivity index is 1.89. The van der Waals surface area contributed by atoms with E-state index in [-0.39, 0.29) is 29.2 Å². The van der Waals surface area contributed by atoms with Gasteiger partial charge in [-0.05, 0) is 49.4 Å². The molecule has 9 heteroatoms. The van der Waals surface area contributed by atoms with Crippen LogP contribution in [-0.4, -0.2) is 34.4 Å². The number of nitrogens with two attached hydrogens (primary N) is 1. The zero-order chi connectivity index (χ0) is 23.2. The molecular weight excluding hydrogens is 413 g/mol. The van der Waals surface area contributed by atoms with Crippen molar-refractivity contribution in [2.24, 2.45) is 17.6 Å². The monoisotopic (exact) mass is 439 g/mol. The summed E-state index contributed by atoms with van der Waals surface area (Å²) in [7, 11) is 0. The number of rotatable bonds is 4. The van der Waals surface area contributed by atoms with Crippen molar-refractivity contribution in [1.82, 2.24) is 10.2 Å². The van der Waals surface area contributed by atoms with E-state index in [0.29, 0.717) is 48.4 Å². The smallest absolute Gasteiger partial charge is 0.306 e. The number of halogens is 1. The second-order valence-corrected chi connectivity index (χ2v) is 8.74. The quantitative estimate of drug-likeness (QED) is 0.667. The number of aromatic nitrogens is 2. The van der Waals surface area contributed by atoms with Crippen molar-refractivity contribution in [3.05, 3.63) is 52.3 Å². The van der Waals surface area contributed by atoms with E-state index in [2.05, 4.69) is 16.3 Å². The number of aryl methyl sites for hydroxylation is 1. The minimum absolute atomic E-state index is 0.0479. The van der Waals surface area contributed by atoms with E-state index >= 15 is 4.39 Å². The Labute approximate surface area is 185 Å². The van der Waals surface area contributed by atoms with Gasteiger partial charge in [-0.3, -0.25) is 9.89 Å². The molecule has 1 atom stereocenters. The molecule has 2 aliphatic rings. The van der Waals surface area contributed by atoms with E-state index < -0.39 is 17.2 Å². The number of allylic oxidation sites excluding steroid dienone is 1. The van der Waals surface area contributed by atoms with Crippen molar-refractivity contribution >= 4 is 11.7 Å². The summed E-state index contributed by atoms with van der Waals surface area (Å²) in [5.41, 5.74) is 7.91. The first-order valence-electron chi connectivity index (χ1n) is 10.6. The van der Waals surface area contributed by atoms with Crippen molar-refractivity contribution < 1.29 is 19.0 Å². The van der Waals surface area contributed by atoms with E-state index in [9.17, 15) is 15.2 Å². The van der Waals surface area contributed by atoms with Gasteiger partial charge in [0.25, 0.3) is 0 Å². The molecule has 1 aromatic carbocycles. The molecule has 2 aromatic rings. The third-order valence-electron chi connectivity index (χ3n) is 6.68. The highest BCUT2D eigenvalue weighted by Crippen LogP contribution is 2.53. The van der Waals surface area contributed by atoms with Gasteiger partial charge in [0.2, 0.25) is 11.8 Å². The second-order valence-electron chi connectivity index (χ2n) is 8.74. The minimum Gasteiger partial charge on any atom is -0.481 e. The van der Waals surface area contributed by atoms with Gasteiger partial charge < -0.3 is 20.5 Å². The van der Waals surface area contributed by atoms with Crippen LogP contribution in [0.2, 0.25) is 0 Å². The summed E-state index contributed by atoms with van der Waals surface area (Å²) in [5.74, 6) is -1.58. The highest BCUT2D eigenvalue weighted by atomic mass is 19.1. The number of aliphatic carboxylic acids is 1. The lowest BCUT2D eigenvalue weighted by atomic mass is 9.62. The summed E-state index contributed by atoms with van der Waals surface area (Å²) in [4.78, 5) is 13.3. The predicted molar refractivity (Wildman–Crippen MR) is 115 cm³/mol. The van der Waals surface area contributed by atoms with Gasteiger partial charge in [-0.25, -0.2) is 4.39 Å². The SMILES string of the molecule is Cc1[nH]nc2c1[C@](c1cc(F)cc(N3CCC(C(=O)O)CC3)c1)(C(C)C)C(C#N)=C(N)O2. The molecule has 4 N–H and O–H groups in total. The van der Waals surface area contributed by atoms with Crippen molar-refractivity contribution in [3.63, 3.8) is 0 Å². The van der Waals surface area contributed by atoms with Gasteiger partial charge in [-0.2, -0.15) is 5.26 Å². The number of hydrogen-bond donors (Lipinski definition) is 3. The fourth-order valence-corrected chi connectivity index (χ4v) is 5.13. The summed E-state index contributed by atoms with van der Waals surface area (Å²) in [6, 6.07) is 6.95. The first kappa shape index (κ1) is 21.7. The highest BCUT2D eigenvalue weighted by molar-refractivity contribution is 5.70. The summed E-state index contributed by atoms with van der Waals surface area (Å²) < 4.78 is 20.6. The Hall–Kier alpha value is -3.54. The number of ether oxygens (including phenoxy) is 1. The molecule has 0 radical (unpaired) electrons. The number of fused-ring (bicyclic) bond motifs is 1. The summed E-state index contributed by atoms with van der Waals surface area (Å²) in [5, 5.41) is 26.5. The number of benzene rings is 1. The molecule has 4 rings (SSSR count). The molecule has 1 fully saturated rings.